The number of fused-ring (bicyclic) bond motifs is 4. The van der Waals surface area contributed by atoms with E-state index >= 15 is 0 Å². The Morgan fingerprint density at radius 1 is 0.457 bits per heavy atom. The molecule has 0 aromatic carbocycles. The Labute approximate surface area is 283 Å². The monoisotopic (exact) mass is 692 g/mol. The minimum absolute atomic E-state index is 1.00. The fraction of sp³-hybridized carbons (Fsp3) is 0.487. The maximum atomic E-state index is 7.69. The average molecular weight is 694 g/mol. The number of nitrogens with one attached hydrogen (secondary N) is 2. The van der Waals surface area contributed by atoms with Gasteiger partial charge in [-0.15, -0.1) is 0 Å². The molecule has 2 aliphatic heterocycles. The van der Waals surface area contributed by atoms with E-state index in [1.54, 1.807) is 0 Å². The van der Waals surface area contributed by atoms with E-state index in [2.05, 4.69) is 116 Å². The van der Waals surface area contributed by atoms with Gasteiger partial charge < -0.3 is 0 Å². The molecule has 244 valence electrons. The van der Waals surface area contributed by atoms with Gasteiger partial charge >= 0.3 is 284 Å². The molecule has 6 heterocycles. The first-order valence-electron chi connectivity index (χ1n) is 18.1. The van der Waals surface area contributed by atoms with Gasteiger partial charge in [-0.2, -0.15) is 0 Å². The Kier molecular flexibility index (Phi) is 9.26. The third-order valence-electron chi connectivity index (χ3n) is 10.4. The van der Waals surface area contributed by atoms with Crippen molar-refractivity contribution in [3.05, 3.63) is 88.7 Å². The zero-order valence-corrected chi connectivity index (χ0v) is 33.8. The molecule has 4 aromatic heterocycles. The van der Waals surface area contributed by atoms with Crippen LogP contribution in [0.5, 0.6) is 0 Å². The fourth-order valence-corrected chi connectivity index (χ4v) is 19.1. The van der Waals surface area contributed by atoms with Gasteiger partial charge in [0.1, 0.15) is 0 Å². The molecule has 2 aliphatic rings. The Morgan fingerprint density at radius 3 is 0.891 bits per heavy atom. The second kappa shape index (κ2) is 12.8. The molecule has 0 amide bonds. The first-order valence-corrected chi connectivity index (χ1v) is 24.7. The van der Waals surface area contributed by atoms with Gasteiger partial charge in [0.15, 0.2) is 0 Å². The molecular formula is C39H55GaN4OSi. The Balaban J connectivity index is 2.01. The van der Waals surface area contributed by atoms with Gasteiger partial charge in [0.25, 0.3) is 0 Å². The van der Waals surface area contributed by atoms with Crippen LogP contribution in [0.25, 0.3) is 24.3 Å². The molecule has 4 aromatic rings. The van der Waals surface area contributed by atoms with Crippen LogP contribution in [0.15, 0.2) is 0 Å². The summed E-state index contributed by atoms with van der Waals surface area (Å²) < 4.78 is 13.3. The third kappa shape index (κ3) is 5.17. The molecule has 5 nitrogen and oxygen atoms in total. The summed E-state index contributed by atoms with van der Waals surface area (Å²) in [6, 6.07) is 0. The molecule has 46 heavy (non-hydrogen) atoms. The van der Waals surface area contributed by atoms with Crippen molar-refractivity contribution in [1.29, 1.82) is 0 Å². The van der Waals surface area contributed by atoms with Crippen LogP contribution in [0.1, 0.15) is 123 Å². The predicted octanol–water partition coefficient (Wildman–Crippen LogP) is 5.62. The summed E-state index contributed by atoms with van der Waals surface area (Å²) in [6.45, 7) is 25.8. The average Bonchev–Trinajstić information content (AvgIpc) is 3.72. The van der Waals surface area contributed by atoms with Gasteiger partial charge in [0.2, 0.25) is 0 Å². The van der Waals surface area contributed by atoms with Crippen molar-refractivity contribution < 1.29 is 3.22 Å². The molecule has 0 unspecified atom stereocenters. The molecule has 6 rings (SSSR count). The molecule has 0 saturated carbocycles. The summed E-state index contributed by atoms with van der Waals surface area (Å²) in [5.41, 5.74) is 17.2. The molecular weight excluding hydrogens is 638 g/mol. The summed E-state index contributed by atoms with van der Waals surface area (Å²) in [5, 5.41) is 5.11. The second-order valence-electron chi connectivity index (χ2n) is 14.0. The van der Waals surface area contributed by atoms with E-state index in [9.17, 15) is 0 Å². The van der Waals surface area contributed by atoms with Crippen LogP contribution in [0.2, 0.25) is 19.6 Å². The van der Waals surface area contributed by atoms with E-state index < -0.39 is 25.4 Å². The van der Waals surface area contributed by atoms with Crippen molar-refractivity contribution in [2.75, 3.05) is 0 Å². The molecule has 0 aliphatic carbocycles. The minimum atomic E-state index is -3.11. The normalized spacial score (nSPS) is 16.6. The molecule has 0 radical (unpaired) electrons. The molecule has 0 atom stereocenters. The third-order valence-corrected chi connectivity index (χ3v) is 21.3. The second-order valence-corrected chi connectivity index (χ2v) is 23.5. The van der Waals surface area contributed by atoms with Crippen molar-refractivity contribution in [2.45, 2.75) is 126 Å². The summed E-state index contributed by atoms with van der Waals surface area (Å²) in [5.74, 6) is 0. The molecule has 2 N–H and O–H groups in total. The van der Waals surface area contributed by atoms with Gasteiger partial charge in [0.05, 0.1) is 0 Å². The van der Waals surface area contributed by atoms with E-state index in [-0.39, 0.29) is 0 Å². The van der Waals surface area contributed by atoms with Crippen molar-refractivity contribution in [3.8, 4) is 0 Å². The van der Waals surface area contributed by atoms with Crippen LogP contribution >= 0.6 is 0 Å². The van der Waals surface area contributed by atoms with E-state index in [1.165, 1.54) is 88.7 Å². The van der Waals surface area contributed by atoms with Crippen LogP contribution < -0.4 is 21.4 Å². The standard InChI is InChI=1S/C36H46N4.C3H9OSi.Ga/c1-9-21-22(10-2)30-18-32-25(13-5)26(14-6)34(39-32)20-36-28(16-8)27(15-7)35(40-36)19-33-24(12-4)23(11-3)31(38-33)17-29(21)37-30;1-5(2,3)4;/h17-20,37,40H,9-16H2,1-8H3;1-3H3;/q-2;-1;+3/b29-17-,30-18-,31-17?,32-18?,33-19?,34-20?,35-19-,36-20-;;. The molecule has 0 saturated heterocycles. The maximum absolute atomic E-state index is 7.69. The van der Waals surface area contributed by atoms with Crippen LogP contribution in [-0.4, -0.2) is 41.9 Å². The van der Waals surface area contributed by atoms with Crippen molar-refractivity contribution in [2.24, 2.45) is 0 Å². The Bertz CT molecular complexity index is 1790. The number of aromatic amines is 2. The van der Waals surface area contributed by atoms with E-state index in [4.69, 9.17) is 3.22 Å². The van der Waals surface area contributed by atoms with E-state index in [0.29, 0.717) is 0 Å². The number of nitrogens with zero attached hydrogens (tertiary/aromatic N) is 2. The molecule has 7 heteroatoms. The molecule has 6 bridgehead atoms. The van der Waals surface area contributed by atoms with Gasteiger partial charge in [-0.05, 0) is 0 Å². The van der Waals surface area contributed by atoms with Crippen LogP contribution in [0, 0.1) is 0 Å². The van der Waals surface area contributed by atoms with E-state index in [0.717, 1.165) is 51.4 Å². The number of hydrogen-bond acceptors (Lipinski definition) is 1. The first-order chi connectivity index (χ1) is 22.1. The Hall–Kier alpha value is -2.59. The van der Waals surface area contributed by atoms with Gasteiger partial charge in [-0.1, -0.05) is 0 Å². The van der Waals surface area contributed by atoms with Crippen LogP contribution in [0.3, 0.4) is 0 Å². The van der Waals surface area contributed by atoms with Gasteiger partial charge in [0, 0.05) is 0 Å². The molecule has 0 spiro atoms. The predicted molar refractivity (Wildman–Crippen MR) is 199 cm³/mol. The quantitative estimate of drug-likeness (QED) is 0.184. The van der Waals surface area contributed by atoms with Crippen molar-refractivity contribution in [3.63, 3.8) is 0 Å². The Morgan fingerprint density at radius 2 is 0.696 bits per heavy atom. The van der Waals surface area contributed by atoms with Gasteiger partial charge in [-0.3, -0.25) is 0 Å². The number of rotatable bonds is 10. The zero-order chi connectivity index (χ0) is 33.1. The topological polar surface area (TPSA) is 50.7 Å². The fourth-order valence-electron chi connectivity index (χ4n) is 8.57. The summed E-state index contributed by atoms with van der Waals surface area (Å²) in [6.07, 6.45) is 18.1. The van der Waals surface area contributed by atoms with Crippen molar-refractivity contribution in [1.82, 2.24) is 16.5 Å². The number of H-pyrrole nitrogens is 2. The van der Waals surface area contributed by atoms with Crippen LogP contribution in [0.4, 0.5) is 0 Å². The molecule has 0 fully saturated rings. The summed E-state index contributed by atoms with van der Waals surface area (Å²) in [7, 11) is -1.98. The van der Waals surface area contributed by atoms with E-state index in [1.807, 2.05) is 0 Å². The zero-order valence-electron chi connectivity index (χ0n) is 30.3. The SMILES string of the molecule is CCc1c(CC)c2[n]3c1/C=c1\[nH]/c(c(CC)c1CC)=C\c1c(CC)c(CC)c([n]1[Ga]3[O][Si](C)(C)C)/C=c1\[nH]/c(c(CC)c1CC)=C\2. The van der Waals surface area contributed by atoms with Crippen molar-refractivity contribution >= 4 is 49.7 Å². The summed E-state index contributed by atoms with van der Waals surface area (Å²) in [4.78, 5) is 7.98. The van der Waals surface area contributed by atoms with Crippen LogP contribution in [-0.2, 0) is 54.6 Å². The van der Waals surface area contributed by atoms with Gasteiger partial charge in [-0.25, -0.2) is 0 Å². The first kappa shape index (κ1) is 33.3. The summed E-state index contributed by atoms with van der Waals surface area (Å²) >= 11 is -3.11. The number of hydrogen-bond donors (Lipinski definition) is 2. The number of aromatic nitrogens is 4.